The SMILES string of the molecule is CCn1cncc1C(O)c1cc(F)ccc1C. The van der Waals surface area contributed by atoms with Crippen molar-refractivity contribution in [1.82, 2.24) is 9.55 Å². The van der Waals surface area contributed by atoms with Crippen LogP contribution in [0.2, 0.25) is 0 Å². The number of nitrogens with zero attached hydrogens (tertiary/aromatic N) is 2. The average Bonchev–Trinajstić information content (AvgIpc) is 2.79. The fourth-order valence-corrected chi connectivity index (χ4v) is 1.89. The van der Waals surface area contributed by atoms with Crippen LogP contribution in [0.1, 0.15) is 29.8 Å². The zero-order valence-corrected chi connectivity index (χ0v) is 9.89. The molecule has 1 unspecified atom stereocenters. The van der Waals surface area contributed by atoms with Gasteiger partial charge in [-0.05, 0) is 37.1 Å². The van der Waals surface area contributed by atoms with Gasteiger partial charge in [0.1, 0.15) is 11.9 Å². The lowest BCUT2D eigenvalue weighted by molar-refractivity contribution is 0.209. The van der Waals surface area contributed by atoms with Crippen LogP contribution in [0.15, 0.2) is 30.7 Å². The Labute approximate surface area is 99.5 Å². The summed E-state index contributed by atoms with van der Waals surface area (Å²) in [7, 11) is 0. The van der Waals surface area contributed by atoms with E-state index in [0.717, 1.165) is 12.1 Å². The van der Waals surface area contributed by atoms with Gasteiger partial charge in [0.25, 0.3) is 0 Å². The van der Waals surface area contributed by atoms with Crippen molar-refractivity contribution >= 4 is 0 Å². The summed E-state index contributed by atoms with van der Waals surface area (Å²) in [4.78, 5) is 4.00. The van der Waals surface area contributed by atoms with Crippen LogP contribution in [0.5, 0.6) is 0 Å². The van der Waals surface area contributed by atoms with Gasteiger partial charge in [-0.3, -0.25) is 0 Å². The van der Waals surface area contributed by atoms with E-state index in [1.165, 1.54) is 12.1 Å². The van der Waals surface area contributed by atoms with Crippen LogP contribution in [0.3, 0.4) is 0 Å². The van der Waals surface area contributed by atoms with E-state index in [-0.39, 0.29) is 5.82 Å². The van der Waals surface area contributed by atoms with Crippen molar-refractivity contribution in [2.75, 3.05) is 0 Å². The summed E-state index contributed by atoms with van der Waals surface area (Å²) in [5, 5.41) is 10.3. The second-order valence-electron chi connectivity index (χ2n) is 4.01. The standard InChI is InChI=1S/C13H15FN2O/c1-3-16-8-15-7-12(16)13(17)11-6-10(14)5-4-9(11)2/h4-8,13,17H,3H2,1-2H3. The van der Waals surface area contributed by atoms with Crippen LogP contribution in [0.4, 0.5) is 4.39 Å². The van der Waals surface area contributed by atoms with Crippen LogP contribution in [0.25, 0.3) is 0 Å². The molecule has 1 atom stereocenters. The molecule has 0 bridgehead atoms. The van der Waals surface area contributed by atoms with E-state index >= 15 is 0 Å². The Morgan fingerprint density at radius 1 is 1.47 bits per heavy atom. The van der Waals surface area contributed by atoms with E-state index in [1.807, 2.05) is 18.4 Å². The molecule has 2 rings (SSSR count). The first-order valence-corrected chi connectivity index (χ1v) is 5.57. The number of imidazole rings is 1. The maximum Gasteiger partial charge on any atom is 0.123 e. The van der Waals surface area contributed by atoms with E-state index in [1.54, 1.807) is 18.6 Å². The maximum atomic E-state index is 13.2. The number of aromatic nitrogens is 2. The number of rotatable bonds is 3. The number of aliphatic hydroxyl groups excluding tert-OH is 1. The van der Waals surface area contributed by atoms with Gasteiger partial charge < -0.3 is 9.67 Å². The quantitative estimate of drug-likeness (QED) is 0.885. The lowest BCUT2D eigenvalue weighted by Gasteiger charge is -2.15. The van der Waals surface area contributed by atoms with Gasteiger partial charge in [-0.1, -0.05) is 6.07 Å². The van der Waals surface area contributed by atoms with Crippen molar-refractivity contribution in [2.24, 2.45) is 0 Å². The molecule has 0 aliphatic rings. The lowest BCUT2D eigenvalue weighted by Crippen LogP contribution is -2.08. The molecule has 1 aromatic carbocycles. The minimum Gasteiger partial charge on any atom is -0.382 e. The zero-order valence-electron chi connectivity index (χ0n) is 9.89. The van der Waals surface area contributed by atoms with Gasteiger partial charge in [-0.2, -0.15) is 0 Å². The van der Waals surface area contributed by atoms with Crippen LogP contribution in [0, 0.1) is 12.7 Å². The number of halogens is 1. The number of hydrogen-bond donors (Lipinski definition) is 1. The third-order valence-electron chi connectivity index (χ3n) is 2.90. The van der Waals surface area contributed by atoms with Gasteiger partial charge in [0.05, 0.1) is 18.2 Å². The molecule has 0 aliphatic carbocycles. The summed E-state index contributed by atoms with van der Waals surface area (Å²) in [6.07, 6.45) is 2.43. The maximum absolute atomic E-state index is 13.2. The van der Waals surface area contributed by atoms with Crippen LogP contribution >= 0.6 is 0 Å². The Balaban J connectivity index is 2.43. The van der Waals surface area contributed by atoms with E-state index in [2.05, 4.69) is 4.98 Å². The molecule has 0 spiro atoms. The Bertz CT molecular complexity index is 522. The summed E-state index contributed by atoms with van der Waals surface area (Å²) in [6.45, 7) is 4.54. The first kappa shape index (κ1) is 11.8. The molecule has 90 valence electrons. The monoisotopic (exact) mass is 234 g/mol. The van der Waals surface area contributed by atoms with Gasteiger partial charge in [-0.15, -0.1) is 0 Å². The fraction of sp³-hybridized carbons (Fsp3) is 0.308. The highest BCUT2D eigenvalue weighted by molar-refractivity contribution is 5.33. The van der Waals surface area contributed by atoms with Crippen molar-refractivity contribution in [3.63, 3.8) is 0 Å². The summed E-state index contributed by atoms with van der Waals surface area (Å²) in [5.41, 5.74) is 2.13. The Kier molecular flexibility index (Phi) is 3.24. The highest BCUT2D eigenvalue weighted by Gasteiger charge is 2.17. The van der Waals surface area contributed by atoms with Crippen molar-refractivity contribution in [3.05, 3.63) is 53.4 Å². The smallest absolute Gasteiger partial charge is 0.123 e. The fourth-order valence-electron chi connectivity index (χ4n) is 1.89. The summed E-state index contributed by atoms with van der Waals surface area (Å²) in [6, 6.07) is 4.43. The Morgan fingerprint density at radius 2 is 2.24 bits per heavy atom. The molecule has 3 nitrogen and oxygen atoms in total. The molecule has 2 aromatic rings. The van der Waals surface area contributed by atoms with E-state index in [4.69, 9.17) is 0 Å². The second-order valence-corrected chi connectivity index (χ2v) is 4.01. The molecule has 1 heterocycles. The molecule has 0 amide bonds. The van der Waals surface area contributed by atoms with Crippen molar-refractivity contribution in [3.8, 4) is 0 Å². The summed E-state index contributed by atoms with van der Waals surface area (Å²) < 4.78 is 15.0. The first-order valence-electron chi connectivity index (χ1n) is 5.57. The normalized spacial score (nSPS) is 12.7. The second kappa shape index (κ2) is 4.67. The molecule has 0 saturated carbocycles. The van der Waals surface area contributed by atoms with Gasteiger partial charge in [0.2, 0.25) is 0 Å². The van der Waals surface area contributed by atoms with E-state index < -0.39 is 6.10 Å². The predicted octanol–water partition coefficient (Wildman–Crippen LogP) is 2.43. The van der Waals surface area contributed by atoms with Crippen molar-refractivity contribution in [2.45, 2.75) is 26.5 Å². The molecule has 0 aliphatic heterocycles. The summed E-state index contributed by atoms with van der Waals surface area (Å²) in [5.74, 6) is -0.341. The lowest BCUT2D eigenvalue weighted by atomic mass is 10.0. The van der Waals surface area contributed by atoms with Crippen molar-refractivity contribution < 1.29 is 9.50 Å². The molecule has 1 N–H and O–H groups in total. The average molecular weight is 234 g/mol. The van der Waals surface area contributed by atoms with Gasteiger partial charge in [0, 0.05) is 6.54 Å². The minimum absolute atomic E-state index is 0.341. The summed E-state index contributed by atoms with van der Waals surface area (Å²) >= 11 is 0. The number of benzene rings is 1. The zero-order chi connectivity index (χ0) is 12.4. The molecular formula is C13H15FN2O. The molecular weight excluding hydrogens is 219 g/mol. The van der Waals surface area contributed by atoms with Gasteiger partial charge in [-0.25, -0.2) is 9.37 Å². The number of hydrogen-bond acceptors (Lipinski definition) is 2. The van der Waals surface area contributed by atoms with Crippen LogP contribution < -0.4 is 0 Å². The topological polar surface area (TPSA) is 38.0 Å². The molecule has 0 radical (unpaired) electrons. The van der Waals surface area contributed by atoms with E-state index in [9.17, 15) is 9.50 Å². The molecule has 0 saturated heterocycles. The third kappa shape index (κ3) is 2.22. The van der Waals surface area contributed by atoms with Gasteiger partial charge >= 0.3 is 0 Å². The molecule has 4 heteroatoms. The number of aryl methyl sites for hydroxylation is 2. The van der Waals surface area contributed by atoms with Crippen LogP contribution in [-0.4, -0.2) is 14.7 Å². The largest absolute Gasteiger partial charge is 0.382 e. The first-order chi connectivity index (χ1) is 8.13. The minimum atomic E-state index is -0.840. The molecule has 0 fully saturated rings. The molecule has 1 aromatic heterocycles. The van der Waals surface area contributed by atoms with Gasteiger partial charge in [0.15, 0.2) is 0 Å². The van der Waals surface area contributed by atoms with Crippen LogP contribution in [-0.2, 0) is 6.54 Å². The Morgan fingerprint density at radius 3 is 2.94 bits per heavy atom. The van der Waals surface area contributed by atoms with E-state index in [0.29, 0.717) is 11.3 Å². The third-order valence-corrected chi connectivity index (χ3v) is 2.90. The molecule has 17 heavy (non-hydrogen) atoms. The number of aliphatic hydroxyl groups is 1. The highest BCUT2D eigenvalue weighted by atomic mass is 19.1. The highest BCUT2D eigenvalue weighted by Crippen LogP contribution is 2.25. The predicted molar refractivity (Wildman–Crippen MR) is 63.1 cm³/mol. The Hall–Kier alpha value is -1.68. The van der Waals surface area contributed by atoms with Crippen molar-refractivity contribution in [1.29, 1.82) is 0 Å².